The molecule has 0 fully saturated rings. The SMILES string of the molecule is CCC(=O)c1cc(C)c(-c2cc3cnc(NC)cc3c3[nH]cnc23)cn1. The maximum absolute atomic E-state index is 11.9. The summed E-state index contributed by atoms with van der Waals surface area (Å²) in [4.78, 5) is 28.5. The highest BCUT2D eigenvalue weighted by molar-refractivity contribution is 6.11. The first-order valence-corrected chi connectivity index (χ1v) is 8.56. The second-order valence-electron chi connectivity index (χ2n) is 6.25. The van der Waals surface area contributed by atoms with Crippen molar-refractivity contribution in [2.24, 2.45) is 0 Å². The largest absolute Gasteiger partial charge is 0.373 e. The van der Waals surface area contributed by atoms with E-state index in [1.165, 1.54) is 0 Å². The monoisotopic (exact) mass is 345 g/mol. The number of Topliss-reactive ketones (excluding diaryl/α,β-unsaturated/α-hetero) is 1. The Morgan fingerprint density at radius 3 is 2.69 bits per heavy atom. The molecular formula is C20H19N5O. The molecule has 0 radical (unpaired) electrons. The van der Waals surface area contributed by atoms with E-state index >= 15 is 0 Å². The number of hydrogen-bond acceptors (Lipinski definition) is 5. The lowest BCUT2D eigenvalue weighted by atomic mass is 9.97. The third kappa shape index (κ3) is 2.50. The zero-order valence-corrected chi connectivity index (χ0v) is 14.9. The third-order valence-corrected chi connectivity index (χ3v) is 4.66. The van der Waals surface area contributed by atoms with Crippen LogP contribution in [0, 0.1) is 6.92 Å². The van der Waals surface area contributed by atoms with Crippen molar-refractivity contribution in [3.63, 3.8) is 0 Å². The van der Waals surface area contributed by atoms with Crippen LogP contribution in [0.25, 0.3) is 32.9 Å². The summed E-state index contributed by atoms with van der Waals surface area (Å²) >= 11 is 0. The summed E-state index contributed by atoms with van der Waals surface area (Å²) in [7, 11) is 1.85. The van der Waals surface area contributed by atoms with Crippen LogP contribution in [0.2, 0.25) is 0 Å². The van der Waals surface area contributed by atoms with E-state index in [0.717, 1.165) is 44.3 Å². The number of aryl methyl sites for hydroxylation is 1. The number of nitrogens with zero attached hydrogens (tertiary/aromatic N) is 3. The van der Waals surface area contributed by atoms with Gasteiger partial charge in [0, 0.05) is 47.8 Å². The standard InChI is InChI=1S/C20H19N5O/c1-4-17(26)16-5-11(2)15(9-22-16)14-6-12-8-23-18(21-3)7-13(12)19-20(14)25-10-24-19/h5-10H,4H2,1-3H3,(H,21,23)(H,24,25). The van der Waals surface area contributed by atoms with Crippen molar-refractivity contribution >= 4 is 33.4 Å². The van der Waals surface area contributed by atoms with E-state index in [1.807, 2.05) is 39.2 Å². The lowest BCUT2D eigenvalue weighted by molar-refractivity contribution is 0.0983. The number of imidazole rings is 1. The van der Waals surface area contributed by atoms with Gasteiger partial charge in [0.1, 0.15) is 11.5 Å². The Bertz CT molecular complexity index is 1150. The molecule has 0 atom stereocenters. The molecule has 0 aliphatic heterocycles. The molecule has 2 N–H and O–H groups in total. The Morgan fingerprint density at radius 1 is 1.12 bits per heavy atom. The first-order valence-electron chi connectivity index (χ1n) is 8.56. The Kier molecular flexibility index (Phi) is 3.88. The summed E-state index contributed by atoms with van der Waals surface area (Å²) in [6.45, 7) is 3.84. The molecule has 0 unspecified atom stereocenters. The molecule has 26 heavy (non-hydrogen) atoms. The molecule has 0 spiro atoms. The topological polar surface area (TPSA) is 83.6 Å². The van der Waals surface area contributed by atoms with Gasteiger partial charge >= 0.3 is 0 Å². The Morgan fingerprint density at radius 2 is 1.96 bits per heavy atom. The molecule has 0 saturated heterocycles. The van der Waals surface area contributed by atoms with Gasteiger partial charge in [0.15, 0.2) is 5.78 Å². The number of anilines is 1. The molecule has 1 aromatic carbocycles. The predicted molar refractivity (Wildman–Crippen MR) is 104 cm³/mol. The fourth-order valence-electron chi connectivity index (χ4n) is 3.24. The summed E-state index contributed by atoms with van der Waals surface area (Å²) < 4.78 is 0. The van der Waals surface area contributed by atoms with Gasteiger partial charge in [-0.2, -0.15) is 0 Å². The zero-order valence-electron chi connectivity index (χ0n) is 14.9. The summed E-state index contributed by atoms with van der Waals surface area (Å²) in [5.41, 5.74) is 5.30. The zero-order chi connectivity index (χ0) is 18.3. The molecular weight excluding hydrogens is 326 g/mol. The van der Waals surface area contributed by atoms with Crippen molar-refractivity contribution in [3.8, 4) is 11.1 Å². The number of benzene rings is 1. The van der Waals surface area contributed by atoms with E-state index in [4.69, 9.17) is 0 Å². The second kappa shape index (κ2) is 6.22. The molecule has 3 heterocycles. The van der Waals surface area contributed by atoms with Crippen LogP contribution in [0.4, 0.5) is 5.82 Å². The van der Waals surface area contributed by atoms with Crippen LogP contribution in [0.15, 0.2) is 36.9 Å². The molecule has 6 nitrogen and oxygen atoms in total. The lowest BCUT2D eigenvalue weighted by Crippen LogP contribution is -2.01. The minimum absolute atomic E-state index is 0.0480. The van der Waals surface area contributed by atoms with Crippen molar-refractivity contribution in [2.45, 2.75) is 20.3 Å². The van der Waals surface area contributed by atoms with E-state index in [1.54, 1.807) is 12.5 Å². The molecule has 0 bridgehead atoms. The molecule has 130 valence electrons. The first kappa shape index (κ1) is 16.2. The van der Waals surface area contributed by atoms with E-state index in [-0.39, 0.29) is 5.78 Å². The molecule has 0 aliphatic rings. The van der Waals surface area contributed by atoms with Gasteiger partial charge in [-0.25, -0.2) is 9.97 Å². The molecule has 0 aliphatic carbocycles. The number of nitrogens with one attached hydrogen (secondary N) is 2. The number of pyridine rings is 2. The van der Waals surface area contributed by atoms with Gasteiger partial charge in [0.2, 0.25) is 0 Å². The minimum atomic E-state index is 0.0480. The van der Waals surface area contributed by atoms with Crippen molar-refractivity contribution < 1.29 is 4.79 Å². The normalized spacial score (nSPS) is 11.2. The average molecular weight is 345 g/mol. The van der Waals surface area contributed by atoms with Crippen LogP contribution in [0.5, 0.6) is 0 Å². The molecule has 4 rings (SSSR count). The van der Waals surface area contributed by atoms with Crippen molar-refractivity contribution in [1.82, 2.24) is 19.9 Å². The second-order valence-corrected chi connectivity index (χ2v) is 6.25. The van der Waals surface area contributed by atoms with Gasteiger partial charge in [-0.15, -0.1) is 0 Å². The number of aromatic amines is 1. The maximum atomic E-state index is 11.9. The first-order chi connectivity index (χ1) is 12.6. The molecule has 0 saturated carbocycles. The van der Waals surface area contributed by atoms with Gasteiger partial charge in [0.25, 0.3) is 0 Å². The number of hydrogen-bond donors (Lipinski definition) is 2. The van der Waals surface area contributed by atoms with Crippen LogP contribution in [0.3, 0.4) is 0 Å². The highest BCUT2D eigenvalue weighted by atomic mass is 16.1. The number of ketones is 1. The van der Waals surface area contributed by atoms with Crippen molar-refractivity contribution in [2.75, 3.05) is 12.4 Å². The van der Waals surface area contributed by atoms with Crippen LogP contribution >= 0.6 is 0 Å². The third-order valence-electron chi connectivity index (χ3n) is 4.66. The van der Waals surface area contributed by atoms with Crippen molar-refractivity contribution in [3.05, 3.63) is 48.2 Å². The predicted octanol–water partition coefficient (Wildman–Crippen LogP) is 4.12. The fraction of sp³-hybridized carbons (Fsp3) is 0.200. The highest BCUT2D eigenvalue weighted by Crippen LogP contribution is 2.34. The Labute approximate surface area is 150 Å². The molecule has 6 heteroatoms. The smallest absolute Gasteiger partial charge is 0.180 e. The van der Waals surface area contributed by atoms with Crippen LogP contribution in [-0.4, -0.2) is 32.8 Å². The number of rotatable bonds is 4. The maximum Gasteiger partial charge on any atom is 0.180 e. The summed E-state index contributed by atoms with van der Waals surface area (Å²) in [6.07, 6.45) is 5.77. The number of H-pyrrole nitrogens is 1. The van der Waals surface area contributed by atoms with Gasteiger partial charge in [-0.05, 0) is 30.7 Å². The van der Waals surface area contributed by atoms with E-state index in [9.17, 15) is 4.79 Å². The molecule has 3 aromatic heterocycles. The van der Waals surface area contributed by atoms with Gasteiger partial charge in [-0.1, -0.05) is 6.92 Å². The average Bonchev–Trinajstić information content (AvgIpc) is 3.16. The summed E-state index contributed by atoms with van der Waals surface area (Å²) in [5, 5.41) is 5.14. The van der Waals surface area contributed by atoms with Gasteiger partial charge in [-0.3, -0.25) is 9.78 Å². The van der Waals surface area contributed by atoms with Crippen LogP contribution in [0.1, 0.15) is 29.4 Å². The summed E-state index contributed by atoms with van der Waals surface area (Å²) in [5.74, 6) is 0.855. The Balaban J connectivity index is 1.96. The quantitative estimate of drug-likeness (QED) is 0.544. The summed E-state index contributed by atoms with van der Waals surface area (Å²) in [6, 6.07) is 5.94. The van der Waals surface area contributed by atoms with Gasteiger partial charge < -0.3 is 10.3 Å². The van der Waals surface area contributed by atoms with E-state index in [0.29, 0.717) is 12.1 Å². The van der Waals surface area contributed by atoms with Crippen molar-refractivity contribution in [1.29, 1.82) is 0 Å². The number of aromatic nitrogens is 4. The number of carbonyl (C=O) groups is 1. The lowest BCUT2D eigenvalue weighted by Gasteiger charge is -2.11. The van der Waals surface area contributed by atoms with E-state index in [2.05, 4.69) is 31.3 Å². The fourth-order valence-corrected chi connectivity index (χ4v) is 3.24. The van der Waals surface area contributed by atoms with Gasteiger partial charge in [0.05, 0.1) is 17.4 Å². The number of carbonyl (C=O) groups excluding carboxylic acids is 1. The molecule has 0 amide bonds. The van der Waals surface area contributed by atoms with E-state index < -0.39 is 0 Å². The van der Waals surface area contributed by atoms with Crippen LogP contribution in [-0.2, 0) is 0 Å². The highest BCUT2D eigenvalue weighted by Gasteiger charge is 2.15. The molecule has 4 aromatic rings. The Hall–Kier alpha value is -3.28. The van der Waals surface area contributed by atoms with Crippen LogP contribution < -0.4 is 5.32 Å². The number of fused-ring (bicyclic) bond motifs is 3. The minimum Gasteiger partial charge on any atom is -0.373 e.